The predicted octanol–water partition coefficient (Wildman–Crippen LogP) is 3.71. The van der Waals surface area contributed by atoms with E-state index in [9.17, 15) is 4.79 Å². The third-order valence-electron chi connectivity index (χ3n) is 4.97. The van der Waals surface area contributed by atoms with Gasteiger partial charge in [0.25, 0.3) is 0 Å². The highest BCUT2D eigenvalue weighted by atomic mass is 16.1. The van der Waals surface area contributed by atoms with Crippen LogP contribution in [0.2, 0.25) is 0 Å². The number of carbonyl (C=O) groups excluding carboxylic acids is 1. The van der Waals surface area contributed by atoms with Crippen LogP contribution in [0.4, 0.5) is 0 Å². The van der Waals surface area contributed by atoms with E-state index in [4.69, 9.17) is 0 Å². The van der Waals surface area contributed by atoms with E-state index in [0.29, 0.717) is 6.42 Å². The summed E-state index contributed by atoms with van der Waals surface area (Å²) >= 11 is 0. The third kappa shape index (κ3) is 12.8. The van der Waals surface area contributed by atoms with Gasteiger partial charge in [0.05, 0.1) is 0 Å². The van der Waals surface area contributed by atoms with Gasteiger partial charge in [-0.25, -0.2) is 0 Å². The number of unbranched alkanes of at least 4 members (excludes halogenated alkanes) is 10. The van der Waals surface area contributed by atoms with Gasteiger partial charge in [0, 0.05) is 45.7 Å². The monoisotopic (exact) mass is 339 g/mol. The van der Waals surface area contributed by atoms with E-state index in [2.05, 4.69) is 22.5 Å². The molecule has 1 aliphatic rings. The van der Waals surface area contributed by atoms with Crippen LogP contribution in [0.5, 0.6) is 0 Å². The standard InChI is InChI=1S/C20H41N3O/c1-2-3-4-5-6-7-8-9-10-11-12-13-20(24)22-16-19-23-17-14-21-15-18-23/h21H,2-19H2,1H3,(H,22,24). The lowest BCUT2D eigenvalue weighted by Gasteiger charge is -2.27. The van der Waals surface area contributed by atoms with Crippen LogP contribution in [0, 0.1) is 0 Å². The highest BCUT2D eigenvalue weighted by molar-refractivity contribution is 5.75. The Balaban J connectivity index is 1.77. The molecule has 0 aromatic rings. The quantitative estimate of drug-likeness (QED) is 0.447. The molecule has 0 aliphatic carbocycles. The summed E-state index contributed by atoms with van der Waals surface area (Å²) in [7, 11) is 0. The lowest BCUT2D eigenvalue weighted by molar-refractivity contribution is -0.121. The molecule has 24 heavy (non-hydrogen) atoms. The average Bonchev–Trinajstić information content (AvgIpc) is 2.60. The van der Waals surface area contributed by atoms with Gasteiger partial charge in [-0.2, -0.15) is 0 Å². The van der Waals surface area contributed by atoms with E-state index in [0.717, 1.165) is 45.7 Å². The van der Waals surface area contributed by atoms with Crippen molar-refractivity contribution in [1.29, 1.82) is 0 Å². The van der Waals surface area contributed by atoms with Crippen LogP contribution >= 0.6 is 0 Å². The molecule has 4 heteroatoms. The number of nitrogens with one attached hydrogen (secondary N) is 2. The first-order valence-electron chi connectivity index (χ1n) is 10.5. The number of hydrogen-bond donors (Lipinski definition) is 2. The Hall–Kier alpha value is -0.610. The van der Waals surface area contributed by atoms with Gasteiger partial charge in [-0.3, -0.25) is 9.69 Å². The molecule has 0 unspecified atom stereocenters. The highest BCUT2D eigenvalue weighted by Crippen LogP contribution is 2.11. The van der Waals surface area contributed by atoms with E-state index in [1.165, 1.54) is 64.2 Å². The number of piperazine rings is 1. The maximum absolute atomic E-state index is 11.8. The van der Waals surface area contributed by atoms with Gasteiger partial charge in [0.2, 0.25) is 5.91 Å². The van der Waals surface area contributed by atoms with Crippen LogP contribution in [0.15, 0.2) is 0 Å². The lowest BCUT2D eigenvalue weighted by Crippen LogP contribution is -2.46. The molecule has 1 fully saturated rings. The van der Waals surface area contributed by atoms with Crippen molar-refractivity contribution in [3.63, 3.8) is 0 Å². The van der Waals surface area contributed by atoms with Crippen molar-refractivity contribution >= 4 is 5.91 Å². The van der Waals surface area contributed by atoms with E-state index in [1.54, 1.807) is 0 Å². The second-order valence-corrected chi connectivity index (χ2v) is 7.23. The zero-order valence-corrected chi connectivity index (χ0v) is 16.1. The van der Waals surface area contributed by atoms with Gasteiger partial charge >= 0.3 is 0 Å². The molecule has 142 valence electrons. The first kappa shape index (κ1) is 21.4. The lowest BCUT2D eigenvalue weighted by atomic mass is 10.1. The molecule has 0 spiro atoms. The summed E-state index contributed by atoms with van der Waals surface area (Å²) in [5, 5.41) is 6.41. The van der Waals surface area contributed by atoms with E-state index in [1.807, 2.05) is 0 Å². The minimum absolute atomic E-state index is 0.237. The molecule has 4 nitrogen and oxygen atoms in total. The van der Waals surface area contributed by atoms with Crippen molar-refractivity contribution in [3.8, 4) is 0 Å². The van der Waals surface area contributed by atoms with Crippen LogP contribution in [-0.2, 0) is 4.79 Å². The number of carbonyl (C=O) groups is 1. The van der Waals surface area contributed by atoms with Crippen molar-refractivity contribution in [2.75, 3.05) is 39.3 Å². The first-order valence-corrected chi connectivity index (χ1v) is 10.5. The molecule has 1 heterocycles. The topological polar surface area (TPSA) is 44.4 Å². The molecular formula is C20H41N3O. The summed E-state index contributed by atoms with van der Waals surface area (Å²) in [4.78, 5) is 14.2. The molecular weight excluding hydrogens is 298 g/mol. The molecule has 0 radical (unpaired) electrons. The normalized spacial score (nSPS) is 15.5. The molecule has 0 atom stereocenters. The zero-order valence-electron chi connectivity index (χ0n) is 16.1. The van der Waals surface area contributed by atoms with Crippen LogP contribution in [0.25, 0.3) is 0 Å². The summed E-state index contributed by atoms with van der Waals surface area (Å²) in [6.45, 7) is 8.43. The number of nitrogens with zero attached hydrogens (tertiary/aromatic N) is 1. The average molecular weight is 340 g/mol. The Morgan fingerprint density at radius 2 is 1.42 bits per heavy atom. The fraction of sp³-hybridized carbons (Fsp3) is 0.950. The largest absolute Gasteiger partial charge is 0.355 e. The number of hydrogen-bond acceptors (Lipinski definition) is 3. The smallest absolute Gasteiger partial charge is 0.220 e. The van der Waals surface area contributed by atoms with Gasteiger partial charge in [-0.05, 0) is 6.42 Å². The Labute approximate surface area is 150 Å². The first-order chi connectivity index (χ1) is 11.8. The van der Waals surface area contributed by atoms with E-state index >= 15 is 0 Å². The molecule has 1 rings (SSSR count). The Morgan fingerprint density at radius 1 is 0.875 bits per heavy atom. The second-order valence-electron chi connectivity index (χ2n) is 7.23. The molecule has 2 N–H and O–H groups in total. The van der Waals surface area contributed by atoms with Crippen LogP contribution in [-0.4, -0.2) is 50.1 Å². The van der Waals surface area contributed by atoms with Gasteiger partial charge in [0.1, 0.15) is 0 Å². The number of rotatable bonds is 15. The van der Waals surface area contributed by atoms with Crippen LogP contribution < -0.4 is 10.6 Å². The molecule has 1 saturated heterocycles. The minimum atomic E-state index is 0.237. The molecule has 0 aromatic heterocycles. The van der Waals surface area contributed by atoms with Gasteiger partial charge in [-0.1, -0.05) is 71.1 Å². The Bertz CT molecular complexity index is 291. The molecule has 1 amide bonds. The Morgan fingerprint density at radius 3 is 2.00 bits per heavy atom. The summed E-state index contributed by atoms with van der Waals surface area (Å²) in [6, 6.07) is 0. The maximum Gasteiger partial charge on any atom is 0.220 e. The van der Waals surface area contributed by atoms with Gasteiger partial charge < -0.3 is 10.6 Å². The molecule has 0 aromatic carbocycles. The predicted molar refractivity (Wildman–Crippen MR) is 103 cm³/mol. The van der Waals surface area contributed by atoms with Crippen molar-refractivity contribution in [3.05, 3.63) is 0 Å². The molecule has 1 aliphatic heterocycles. The maximum atomic E-state index is 11.8. The van der Waals surface area contributed by atoms with E-state index < -0.39 is 0 Å². The SMILES string of the molecule is CCCCCCCCCCCCCC(=O)NCCN1CCNCC1. The second kappa shape index (κ2) is 15.9. The van der Waals surface area contributed by atoms with Gasteiger partial charge in [0.15, 0.2) is 0 Å². The number of amides is 1. The van der Waals surface area contributed by atoms with Gasteiger partial charge in [-0.15, -0.1) is 0 Å². The fourth-order valence-corrected chi connectivity index (χ4v) is 3.33. The summed E-state index contributed by atoms with van der Waals surface area (Å²) in [5.41, 5.74) is 0. The molecule has 0 bridgehead atoms. The fourth-order valence-electron chi connectivity index (χ4n) is 3.33. The summed E-state index contributed by atoms with van der Waals surface area (Å²) < 4.78 is 0. The summed E-state index contributed by atoms with van der Waals surface area (Å²) in [6.07, 6.45) is 15.4. The van der Waals surface area contributed by atoms with Crippen LogP contribution in [0.1, 0.15) is 84.0 Å². The van der Waals surface area contributed by atoms with E-state index in [-0.39, 0.29) is 5.91 Å². The highest BCUT2D eigenvalue weighted by Gasteiger charge is 2.09. The molecule has 0 saturated carbocycles. The van der Waals surface area contributed by atoms with Crippen LogP contribution in [0.3, 0.4) is 0 Å². The Kier molecular flexibility index (Phi) is 14.2. The van der Waals surface area contributed by atoms with Crippen molar-refractivity contribution in [2.24, 2.45) is 0 Å². The summed E-state index contributed by atoms with van der Waals surface area (Å²) in [5.74, 6) is 0.237. The minimum Gasteiger partial charge on any atom is -0.355 e. The van der Waals surface area contributed by atoms with Crippen molar-refractivity contribution < 1.29 is 4.79 Å². The van der Waals surface area contributed by atoms with Crippen molar-refractivity contribution in [1.82, 2.24) is 15.5 Å². The third-order valence-corrected chi connectivity index (χ3v) is 4.97. The van der Waals surface area contributed by atoms with Crippen molar-refractivity contribution in [2.45, 2.75) is 84.0 Å². The zero-order chi connectivity index (χ0) is 17.3.